The lowest BCUT2D eigenvalue weighted by Gasteiger charge is -2.05. The molecule has 0 amide bonds. The van der Waals surface area contributed by atoms with Crippen LogP contribution in [0.4, 0.5) is 0 Å². The van der Waals surface area contributed by atoms with Gasteiger partial charge in [0.05, 0.1) is 19.1 Å². The molecule has 2 heterocycles. The lowest BCUT2D eigenvalue weighted by Crippen LogP contribution is -2.06. The van der Waals surface area contributed by atoms with Crippen LogP contribution in [-0.4, -0.2) is 21.1 Å². The molecule has 0 saturated carbocycles. The second-order valence-corrected chi connectivity index (χ2v) is 3.35. The van der Waals surface area contributed by atoms with Gasteiger partial charge >= 0.3 is 0 Å². The number of rotatable bonds is 4. The highest BCUT2D eigenvalue weighted by Gasteiger charge is 1.95. The molecule has 15 heavy (non-hydrogen) atoms. The number of imidazole rings is 1. The summed E-state index contributed by atoms with van der Waals surface area (Å²) in [6, 6.07) is 3.50. The molecular formula is C10H10ClN3O. The van der Waals surface area contributed by atoms with Gasteiger partial charge < -0.3 is 9.30 Å². The third kappa shape index (κ3) is 2.95. The van der Waals surface area contributed by atoms with Gasteiger partial charge in [0.2, 0.25) is 0 Å². The molecule has 2 aromatic heterocycles. The molecule has 78 valence electrons. The molecule has 0 N–H and O–H groups in total. The van der Waals surface area contributed by atoms with Crippen LogP contribution in [0.25, 0.3) is 0 Å². The molecule has 2 rings (SSSR count). The summed E-state index contributed by atoms with van der Waals surface area (Å²) in [4.78, 5) is 7.85. The molecule has 0 spiro atoms. The third-order valence-corrected chi connectivity index (χ3v) is 2.10. The monoisotopic (exact) mass is 223 g/mol. The van der Waals surface area contributed by atoms with Gasteiger partial charge in [-0.25, -0.2) is 9.97 Å². The summed E-state index contributed by atoms with van der Waals surface area (Å²) in [5.41, 5.74) is 0. The summed E-state index contributed by atoms with van der Waals surface area (Å²) in [5.74, 6) is 0.722. The van der Waals surface area contributed by atoms with Crippen LogP contribution in [0.5, 0.6) is 5.75 Å². The van der Waals surface area contributed by atoms with Crippen molar-refractivity contribution >= 4 is 11.6 Å². The Balaban J connectivity index is 1.81. The molecule has 0 fully saturated rings. The molecule has 0 aliphatic rings. The fraction of sp³-hybridized carbons (Fsp3) is 0.200. The van der Waals surface area contributed by atoms with Crippen molar-refractivity contribution in [3.63, 3.8) is 0 Å². The number of halogens is 1. The Morgan fingerprint density at radius 3 is 3.00 bits per heavy atom. The predicted molar refractivity (Wildman–Crippen MR) is 57.0 cm³/mol. The Hall–Kier alpha value is -1.55. The lowest BCUT2D eigenvalue weighted by molar-refractivity contribution is 0.297. The predicted octanol–water partition coefficient (Wildman–Crippen LogP) is 2.01. The SMILES string of the molecule is Clc1ccc(OCCn2ccnc2)cn1. The van der Waals surface area contributed by atoms with Gasteiger partial charge in [-0.1, -0.05) is 11.6 Å². The largest absolute Gasteiger partial charge is 0.490 e. The van der Waals surface area contributed by atoms with E-state index in [1.165, 1.54) is 0 Å². The highest BCUT2D eigenvalue weighted by molar-refractivity contribution is 6.29. The zero-order valence-electron chi connectivity index (χ0n) is 8.01. The molecule has 0 atom stereocenters. The highest BCUT2D eigenvalue weighted by Crippen LogP contribution is 2.11. The number of pyridine rings is 1. The van der Waals surface area contributed by atoms with Crippen LogP contribution in [0.3, 0.4) is 0 Å². The first-order chi connectivity index (χ1) is 7.34. The second-order valence-electron chi connectivity index (χ2n) is 2.97. The zero-order valence-corrected chi connectivity index (χ0v) is 8.76. The van der Waals surface area contributed by atoms with Crippen molar-refractivity contribution in [1.29, 1.82) is 0 Å². The first kappa shape index (κ1) is 9.98. The minimum absolute atomic E-state index is 0.469. The molecule has 4 nitrogen and oxygen atoms in total. The summed E-state index contributed by atoms with van der Waals surface area (Å²) in [6.07, 6.45) is 6.99. The van der Waals surface area contributed by atoms with Crippen LogP contribution >= 0.6 is 11.6 Å². The summed E-state index contributed by atoms with van der Waals surface area (Å²) in [6.45, 7) is 1.35. The maximum absolute atomic E-state index is 5.65. The Bertz CT molecular complexity index is 399. The zero-order chi connectivity index (χ0) is 10.5. The van der Waals surface area contributed by atoms with E-state index in [1.54, 1.807) is 30.9 Å². The Morgan fingerprint density at radius 1 is 1.40 bits per heavy atom. The standard InChI is InChI=1S/C10H10ClN3O/c11-10-2-1-9(7-13-10)15-6-5-14-4-3-12-8-14/h1-4,7-8H,5-6H2. The quantitative estimate of drug-likeness (QED) is 0.745. The number of ether oxygens (including phenoxy) is 1. The van der Waals surface area contributed by atoms with Crippen molar-refractivity contribution in [2.75, 3.05) is 6.61 Å². The molecule has 0 saturated heterocycles. The number of hydrogen-bond donors (Lipinski definition) is 0. The Morgan fingerprint density at radius 2 is 2.33 bits per heavy atom. The van der Waals surface area contributed by atoms with Crippen LogP contribution in [0.1, 0.15) is 0 Å². The smallest absolute Gasteiger partial charge is 0.137 e. The van der Waals surface area contributed by atoms with Gasteiger partial charge in [0.1, 0.15) is 17.5 Å². The summed E-state index contributed by atoms with van der Waals surface area (Å²) in [5, 5.41) is 0.469. The van der Waals surface area contributed by atoms with Crippen molar-refractivity contribution < 1.29 is 4.74 Å². The summed E-state index contributed by atoms with van der Waals surface area (Å²) < 4.78 is 7.41. The molecule has 0 unspecified atom stereocenters. The first-order valence-electron chi connectivity index (χ1n) is 4.55. The van der Waals surface area contributed by atoms with Crippen molar-refractivity contribution in [2.24, 2.45) is 0 Å². The summed E-state index contributed by atoms with van der Waals surface area (Å²) in [7, 11) is 0. The molecule has 0 aliphatic carbocycles. The normalized spacial score (nSPS) is 10.2. The number of nitrogens with zero attached hydrogens (tertiary/aromatic N) is 3. The van der Waals surface area contributed by atoms with Gasteiger partial charge in [0.25, 0.3) is 0 Å². The van der Waals surface area contributed by atoms with E-state index in [1.807, 2.05) is 10.8 Å². The van der Waals surface area contributed by atoms with Crippen molar-refractivity contribution in [3.05, 3.63) is 42.2 Å². The average Bonchev–Trinajstić information content (AvgIpc) is 2.74. The van der Waals surface area contributed by atoms with Crippen LogP contribution < -0.4 is 4.74 Å². The van der Waals surface area contributed by atoms with Gasteiger partial charge in [-0.15, -0.1) is 0 Å². The molecular weight excluding hydrogens is 214 g/mol. The minimum atomic E-state index is 0.469. The lowest BCUT2D eigenvalue weighted by atomic mass is 10.5. The molecule has 0 aromatic carbocycles. The summed E-state index contributed by atoms with van der Waals surface area (Å²) >= 11 is 5.65. The van der Waals surface area contributed by atoms with E-state index in [4.69, 9.17) is 16.3 Å². The minimum Gasteiger partial charge on any atom is -0.490 e. The molecule has 0 aliphatic heterocycles. The van der Waals surface area contributed by atoms with Crippen LogP contribution in [0, 0.1) is 0 Å². The van der Waals surface area contributed by atoms with Gasteiger partial charge in [0.15, 0.2) is 0 Å². The Labute approximate surface area is 92.5 Å². The third-order valence-electron chi connectivity index (χ3n) is 1.88. The molecule has 5 heteroatoms. The topological polar surface area (TPSA) is 39.9 Å². The fourth-order valence-corrected chi connectivity index (χ4v) is 1.25. The molecule has 0 radical (unpaired) electrons. The van der Waals surface area contributed by atoms with Crippen molar-refractivity contribution in [1.82, 2.24) is 14.5 Å². The second kappa shape index (κ2) is 4.79. The van der Waals surface area contributed by atoms with Gasteiger partial charge in [-0.3, -0.25) is 0 Å². The molecule has 2 aromatic rings. The van der Waals surface area contributed by atoms with E-state index in [0.29, 0.717) is 11.8 Å². The van der Waals surface area contributed by atoms with E-state index < -0.39 is 0 Å². The van der Waals surface area contributed by atoms with Gasteiger partial charge in [0, 0.05) is 12.4 Å². The van der Waals surface area contributed by atoms with Crippen molar-refractivity contribution in [2.45, 2.75) is 6.54 Å². The van der Waals surface area contributed by atoms with Crippen LogP contribution in [0.15, 0.2) is 37.1 Å². The van der Waals surface area contributed by atoms with Gasteiger partial charge in [-0.05, 0) is 12.1 Å². The fourth-order valence-electron chi connectivity index (χ4n) is 1.14. The van der Waals surface area contributed by atoms with E-state index >= 15 is 0 Å². The van der Waals surface area contributed by atoms with E-state index in [0.717, 1.165) is 12.3 Å². The number of hydrogen-bond acceptors (Lipinski definition) is 3. The first-order valence-corrected chi connectivity index (χ1v) is 4.92. The van der Waals surface area contributed by atoms with Gasteiger partial charge in [-0.2, -0.15) is 0 Å². The molecule has 0 bridgehead atoms. The van der Waals surface area contributed by atoms with E-state index in [-0.39, 0.29) is 0 Å². The van der Waals surface area contributed by atoms with E-state index in [2.05, 4.69) is 9.97 Å². The maximum atomic E-state index is 5.65. The maximum Gasteiger partial charge on any atom is 0.137 e. The van der Waals surface area contributed by atoms with Crippen LogP contribution in [0.2, 0.25) is 5.15 Å². The average molecular weight is 224 g/mol. The van der Waals surface area contributed by atoms with Crippen molar-refractivity contribution in [3.8, 4) is 5.75 Å². The van der Waals surface area contributed by atoms with E-state index in [9.17, 15) is 0 Å². The highest BCUT2D eigenvalue weighted by atomic mass is 35.5. The number of aromatic nitrogens is 3. The van der Waals surface area contributed by atoms with Crippen LogP contribution in [-0.2, 0) is 6.54 Å². The Kier molecular flexibility index (Phi) is 3.19.